The number of halogens is 1. The number of pyridine rings is 1. The number of nitrogens with one attached hydrogen (secondary N) is 2. The van der Waals surface area contributed by atoms with Crippen molar-refractivity contribution in [2.45, 2.75) is 19.3 Å². The van der Waals surface area contributed by atoms with E-state index in [1.807, 2.05) is 0 Å². The van der Waals surface area contributed by atoms with E-state index in [-0.39, 0.29) is 0 Å². The first-order chi connectivity index (χ1) is 15.3. The second kappa shape index (κ2) is 9.51. The summed E-state index contributed by atoms with van der Waals surface area (Å²) in [4.78, 5) is 6.68. The van der Waals surface area contributed by atoms with Crippen molar-refractivity contribution in [3.63, 3.8) is 0 Å². The van der Waals surface area contributed by atoms with Gasteiger partial charge in [0.1, 0.15) is 16.6 Å². The fraction of sp³-hybridized carbons (Fsp3) is 0.429. The van der Waals surface area contributed by atoms with E-state index < -0.39 is 10.0 Å². The molecule has 0 unspecified atom stereocenters. The normalized spacial score (nSPS) is 15.1. The molecule has 0 bridgehead atoms. The van der Waals surface area contributed by atoms with E-state index in [1.54, 1.807) is 35.1 Å². The second-order valence-electron chi connectivity index (χ2n) is 7.87. The summed E-state index contributed by atoms with van der Waals surface area (Å²) in [6, 6.07) is 6.79. The van der Waals surface area contributed by atoms with Crippen molar-refractivity contribution in [2.75, 3.05) is 49.6 Å². The third-order valence-electron chi connectivity index (χ3n) is 5.41. The molecule has 0 radical (unpaired) electrons. The number of benzene rings is 1. The van der Waals surface area contributed by atoms with E-state index >= 15 is 0 Å². The molecule has 11 heteroatoms. The van der Waals surface area contributed by atoms with Crippen LogP contribution in [0.1, 0.15) is 19.3 Å². The molecule has 9 nitrogen and oxygen atoms in total. The van der Waals surface area contributed by atoms with Crippen molar-refractivity contribution < 1.29 is 13.2 Å². The van der Waals surface area contributed by atoms with E-state index in [1.165, 1.54) is 26.4 Å². The van der Waals surface area contributed by atoms with Gasteiger partial charge in [0, 0.05) is 31.4 Å². The van der Waals surface area contributed by atoms with E-state index in [0.717, 1.165) is 43.3 Å². The Morgan fingerprint density at radius 1 is 1.19 bits per heavy atom. The van der Waals surface area contributed by atoms with Gasteiger partial charge in [0.05, 0.1) is 30.0 Å². The van der Waals surface area contributed by atoms with Crippen molar-refractivity contribution in [2.24, 2.45) is 0 Å². The highest BCUT2D eigenvalue weighted by Gasteiger charge is 2.17. The Hall–Kier alpha value is -2.56. The number of hydrogen-bond donors (Lipinski definition) is 2. The average molecular weight is 479 g/mol. The van der Waals surface area contributed by atoms with Crippen LogP contribution in [0.5, 0.6) is 5.75 Å². The number of fused-ring (bicyclic) bond motifs is 1. The van der Waals surface area contributed by atoms with Gasteiger partial charge in [-0.25, -0.2) is 18.1 Å². The van der Waals surface area contributed by atoms with Crippen LogP contribution in [0.4, 0.5) is 11.5 Å². The minimum absolute atomic E-state index is 0.354. The lowest BCUT2D eigenvalue weighted by molar-refractivity contribution is 0.237. The van der Waals surface area contributed by atoms with Gasteiger partial charge in [0.15, 0.2) is 5.82 Å². The molecule has 0 atom stereocenters. The van der Waals surface area contributed by atoms with Crippen LogP contribution in [-0.4, -0.2) is 67.6 Å². The Labute approximate surface area is 192 Å². The van der Waals surface area contributed by atoms with E-state index in [4.69, 9.17) is 21.4 Å². The maximum Gasteiger partial charge on any atom is 0.229 e. The lowest BCUT2D eigenvalue weighted by Gasteiger charge is -2.26. The van der Waals surface area contributed by atoms with Crippen molar-refractivity contribution in [1.29, 1.82) is 0 Å². The van der Waals surface area contributed by atoms with Crippen LogP contribution in [0, 0.1) is 0 Å². The Kier molecular flexibility index (Phi) is 6.73. The first-order valence-electron chi connectivity index (χ1n) is 10.5. The molecule has 1 aromatic carbocycles. The largest absolute Gasteiger partial charge is 0.494 e. The Morgan fingerprint density at radius 3 is 2.69 bits per heavy atom. The minimum Gasteiger partial charge on any atom is -0.494 e. The van der Waals surface area contributed by atoms with Gasteiger partial charge in [-0.15, -0.1) is 5.10 Å². The third kappa shape index (κ3) is 5.25. The van der Waals surface area contributed by atoms with E-state index in [9.17, 15) is 8.42 Å². The highest BCUT2D eigenvalue weighted by atomic mass is 35.5. The smallest absolute Gasteiger partial charge is 0.229 e. The molecule has 0 saturated carbocycles. The summed E-state index contributed by atoms with van der Waals surface area (Å²) in [6.07, 6.45) is 6.63. The molecule has 1 aliphatic rings. The van der Waals surface area contributed by atoms with Gasteiger partial charge in [0.25, 0.3) is 0 Å². The topological polar surface area (TPSA) is 101 Å². The highest BCUT2D eigenvalue weighted by molar-refractivity contribution is 7.92. The Bertz CT molecular complexity index is 1210. The lowest BCUT2D eigenvalue weighted by atomic mass is 10.1. The third-order valence-corrected chi connectivity index (χ3v) is 6.23. The number of rotatable bonds is 8. The first-order valence-corrected chi connectivity index (χ1v) is 12.8. The molecule has 2 aromatic heterocycles. The molecule has 3 aromatic rings. The van der Waals surface area contributed by atoms with Crippen molar-refractivity contribution in [1.82, 2.24) is 19.7 Å². The molecule has 32 heavy (non-hydrogen) atoms. The molecule has 3 heterocycles. The van der Waals surface area contributed by atoms with Crippen LogP contribution in [-0.2, 0) is 10.0 Å². The molecule has 0 amide bonds. The molecule has 0 spiro atoms. The maximum absolute atomic E-state index is 11.6. The SMILES string of the molecule is COc1cc(NS(C)(=O)=O)ccc1-n1nc(NCCN2CCCCC2)c2cnc(Cl)cc21. The van der Waals surface area contributed by atoms with Gasteiger partial charge in [-0.1, -0.05) is 18.0 Å². The van der Waals surface area contributed by atoms with Crippen LogP contribution in [0.15, 0.2) is 30.5 Å². The highest BCUT2D eigenvalue weighted by Crippen LogP contribution is 2.32. The van der Waals surface area contributed by atoms with Gasteiger partial charge < -0.3 is 15.0 Å². The zero-order valence-corrected chi connectivity index (χ0v) is 19.7. The molecule has 1 saturated heterocycles. The maximum atomic E-state index is 11.6. The van der Waals surface area contributed by atoms with Gasteiger partial charge in [-0.05, 0) is 38.1 Å². The van der Waals surface area contributed by atoms with Crippen LogP contribution in [0.2, 0.25) is 5.15 Å². The van der Waals surface area contributed by atoms with Crippen LogP contribution >= 0.6 is 11.6 Å². The summed E-state index contributed by atoms with van der Waals surface area (Å²) < 4.78 is 32.9. The second-order valence-corrected chi connectivity index (χ2v) is 10.0. The van der Waals surface area contributed by atoms with Crippen LogP contribution in [0.25, 0.3) is 16.6 Å². The summed E-state index contributed by atoms with van der Waals surface area (Å²) in [5.74, 6) is 1.18. The van der Waals surface area contributed by atoms with Gasteiger partial charge in [-0.2, -0.15) is 0 Å². The summed E-state index contributed by atoms with van der Waals surface area (Å²) >= 11 is 6.18. The number of methoxy groups -OCH3 is 1. The molecule has 172 valence electrons. The quantitative estimate of drug-likeness (QED) is 0.478. The summed E-state index contributed by atoms with van der Waals surface area (Å²) in [7, 11) is -1.87. The molecular weight excluding hydrogens is 452 g/mol. The van der Waals surface area contributed by atoms with Gasteiger partial charge in [0.2, 0.25) is 10.0 Å². The summed E-state index contributed by atoms with van der Waals surface area (Å²) in [5.41, 5.74) is 1.83. The Morgan fingerprint density at radius 2 is 1.97 bits per heavy atom. The van der Waals surface area contributed by atoms with E-state index in [0.29, 0.717) is 28.1 Å². The van der Waals surface area contributed by atoms with Crippen molar-refractivity contribution in [3.05, 3.63) is 35.6 Å². The monoisotopic (exact) mass is 478 g/mol. The van der Waals surface area contributed by atoms with Crippen molar-refractivity contribution in [3.8, 4) is 11.4 Å². The number of anilines is 2. The number of sulfonamides is 1. The standard InChI is InChI=1S/C21H27ClN6O3S/c1-31-19-12-15(26-32(2,29)30)6-7-17(19)28-18-13-20(22)24-14-16(18)21(25-28)23-8-11-27-9-4-3-5-10-27/h6-7,12-14,26H,3-5,8-11H2,1-2H3,(H,23,25). The number of ether oxygens (including phenoxy) is 1. The van der Waals surface area contributed by atoms with Gasteiger partial charge in [-0.3, -0.25) is 4.72 Å². The van der Waals surface area contributed by atoms with Crippen LogP contribution < -0.4 is 14.8 Å². The molecule has 2 N–H and O–H groups in total. The number of hydrogen-bond acceptors (Lipinski definition) is 7. The van der Waals surface area contributed by atoms with Crippen molar-refractivity contribution >= 4 is 44.0 Å². The Balaban J connectivity index is 1.65. The zero-order valence-electron chi connectivity index (χ0n) is 18.1. The number of nitrogens with zero attached hydrogens (tertiary/aromatic N) is 4. The minimum atomic E-state index is -3.40. The molecule has 1 fully saturated rings. The summed E-state index contributed by atoms with van der Waals surface area (Å²) in [5, 5.41) is 9.40. The predicted octanol–water partition coefficient (Wildman–Crippen LogP) is 3.35. The van der Waals surface area contributed by atoms with Crippen LogP contribution in [0.3, 0.4) is 0 Å². The molecule has 0 aliphatic carbocycles. The first kappa shape index (κ1) is 22.6. The molecule has 4 rings (SSSR count). The lowest BCUT2D eigenvalue weighted by Crippen LogP contribution is -2.33. The number of likely N-dealkylation sites (tertiary alicyclic amines) is 1. The molecular formula is C21H27ClN6O3S. The average Bonchev–Trinajstić information content (AvgIpc) is 3.10. The zero-order chi connectivity index (χ0) is 22.7. The predicted molar refractivity (Wildman–Crippen MR) is 128 cm³/mol. The van der Waals surface area contributed by atoms with Gasteiger partial charge >= 0.3 is 0 Å². The fourth-order valence-electron chi connectivity index (χ4n) is 3.95. The van der Waals surface area contributed by atoms with E-state index in [2.05, 4.69) is 19.9 Å². The molecule has 1 aliphatic heterocycles. The fourth-order valence-corrected chi connectivity index (χ4v) is 4.65. The number of aromatic nitrogens is 3. The summed E-state index contributed by atoms with van der Waals surface area (Å²) in [6.45, 7) is 3.99. The number of piperidine rings is 1.